The summed E-state index contributed by atoms with van der Waals surface area (Å²) in [6, 6.07) is 61.5. The summed E-state index contributed by atoms with van der Waals surface area (Å²) in [6.45, 7) is 0. The molecular formula is C42H28N2. The van der Waals surface area contributed by atoms with Crippen molar-refractivity contribution in [1.29, 1.82) is 0 Å². The molecule has 0 aliphatic carbocycles. The predicted molar refractivity (Wildman–Crippen MR) is 187 cm³/mol. The van der Waals surface area contributed by atoms with Gasteiger partial charge in [0.05, 0.1) is 22.7 Å². The number of hydrogen-bond donors (Lipinski definition) is 0. The number of anilines is 6. The third-order valence-corrected chi connectivity index (χ3v) is 8.92. The fourth-order valence-corrected chi connectivity index (χ4v) is 6.99. The average Bonchev–Trinajstić information content (AvgIpc) is 3.11. The van der Waals surface area contributed by atoms with Gasteiger partial charge in [-0.25, -0.2) is 0 Å². The first-order valence-electron chi connectivity index (χ1n) is 15.1. The lowest BCUT2D eigenvalue weighted by molar-refractivity contribution is 1.17. The molecular weight excluding hydrogens is 532 g/mol. The molecule has 1 heterocycles. The normalized spacial score (nSPS) is 12.5. The maximum Gasteiger partial charge on any atom is 0.0703 e. The summed E-state index contributed by atoms with van der Waals surface area (Å²) < 4.78 is 0. The molecule has 0 N–H and O–H groups in total. The Morgan fingerprint density at radius 1 is 0.250 bits per heavy atom. The smallest absolute Gasteiger partial charge is 0.0703 e. The summed E-state index contributed by atoms with van der Waals surface area (Å²) in [7, 11) is 0. The minimum atomic E-state index is 1.14. The molecule has 0 spiro atoms. The lowest BCUT2D eigenvalue weighted by atomic mass is 9.92. The Morgan fingerprint density at radius 3 is 1.23 bits per heavy atom. The van der Waals surface area contributed by atoms with Gasteiger partial charge in [-0.3, -0.25) is 0 Å². The average molecular weight is 561 g/mol. The van der Waals surface area contributed by atoms with Crippen molar-refractivity contribution in [3.8, 4) is 11.1 Å². The van der Waals surface area contributed by atoms with Gasteiger partial charge < -0.3 is 9.80 Å². The Morgan fingerprint density at radius 2 is 0.659 bits per heavy atom. The SMILES string of the molecule is c1ccc(N2c3ccccc3N(c3cccc(-c4ccc5c6ccccc6c6ccccc6c5c4)c3)c3ccccc32)cc1. The summed E-state index contributed by atoms with van der Waals surface area (Å²) in [6.07, 6.45) is 0. The standard InChI is InChI=1S/C42H28N2/c1-2-14-31(15-3-1)43-39-21-8-10-23-41(39)44(42-24-11-9-22-40(42)43)32-16-12-13-29(27-32)30-25-26-37-35-19-5-4-17-33(35)34-18-6-7-20-36(34)38(37)28-30/h1-28H. The van der Waals surface area contributed by atoms with Crippen molar-refractivity contribution in [2.24, 2.45) is 0 Å². The van der Waals surface area contributed by atoms with Crippen LogP contribution in [0.2, 0.25) is 0 Å². The van der Waals surface area contributed by atoms with Gasteiger partial charge in [-0.1, -0.05) is 115 Å². The first kappa shape index (κ1) is 24.7. The van der Waals surface area contributed by atoms with E-state index in [2.05, 4.69) is 180 Å². The molecule has 0 unspecified atom stereocenters. The van der Waals surface area contributed by atoms with Crippen LogP contribution in [0, 0.1) is 0 Å². The lowest BCUT2D eigenvalue weighted by Crippen LogP contribution is -2.23. The highest BCUT2D eigenvalue weighted by Crippen LogP contribution is 2.54. The first-order valence-corrected chi connectivity index (χ1v) is 15.1. The summed E-state index contributed by atoms with van der Waals surface area (Å²) in [5, 5.41) is 7.77. The van der Waals surface area contributed by atoms with E-state index in [1.807, 2.05) is 0 Å². The van der Waals surface area contributed by atoms with Gasteiger partial charge in [-0.15, -0.1) is 0 Å². The van der Waals surface area contributed by atoms with E-state index in [0.29, 0.717) is 0 Å². The number of para-hydroxylation sites is 5. The van der Waals surface area contributed by atoms with Crippen molar-refractivity contribution in [3.05, 3.63) is 170 Å². The summed E-state index contributed by atoms with van der Waals surface area (Å²) in [5.41, 5.74) is 9.33. The van der Waals surface area contributed by atoms with Crippen molar-refractivity contribution in [2.75, 3.05) is 9.80 Å². The zero-order valence-electron chi connectivity index (χ0n) is 24.1. The minimum absolute atomic E-state index is 1.14. The minimum Gasteiger partial charge on any atom is -0.306 e. The molecule has 1 aliphatic rings. The van der Waals surface area contributed by atoms with Gasteiger partial charge in [-0.2, -0.15) is 0 Å². The zero-order chi connectivity index (χ0) is 29.0. The third kappa shape index (κ3) is 3.75. The Hall–Kier alpha value is -5.86. The first-order chi connectivity index (χ1) is 21.8. The maximum absolute atomic E-state index is 2.40. The number of benzene rings is 8. The van der Waals surface area contributed by atoms with Crippen LogP contribution in [0.25, 0.3) is 43.4 Å². The molecule has 0 atom stereocenters. The number of rotatable bonds is 3. The molecule has 0 radical (unpaired) electrons. The Bertz CT molecular complexity index is 2270. The Kier molecular flexibility index (Phi) is 5.54. The van der Waals surface area contributed by atoms with Crippen LogP contribution < -0.4 is 9.80 Å². The van der Waals surface area contributed by atoms with Crippen LogP contribution in [0.1, 0.15) is 0 Å². The fraction of sp³-hybridized carbons (Fsp3) is 0. The molecule has 2 nitrogen and oxygen atoms in total. The van der Waals surface area contributed by atoms with Crippen molar-refractivity contribution in [1.82, 2.24) is 0 Å². The second-order valence-corrected chi connectivity index (χ2v) is 11.4. The number of hydrogen-bond acceptors (Lipinski definition) is 2. The molecule has 9 rings (SSSR count). The van der Waals surface area contributed by atoms with Gasteiger partial charge in [0.2, 0.25) is 0 Å². The fourth-order valence-electron chi connectivity index (χ4n) is 6.99. The van der Waals surface area contributed by atoms with E-state index in [1.165, 1.54) is 43.4 Å². The van der Waals surface area contributed by atoms with Gasteiger partial charge in [0.15, 0.2) is 0 Å². The van der Waals surface area contributed by atoms with Crippen LogP contribution in [0.5, 0.6) is 0 Å². The molecule has 44 heavy (non-hydrogen) atoms. The molecule has 0 aromatic heterocycles. The molecule has 0 bridgehead atoms. The predicted octanol–water partition coefficient (Wildman–Crippen LogP) is 12.1. The molecule has 206 valence electrons. The van der Waals surface area contributed by atoms with Crippen LogP contribution in [0.3, 0.4) is 0 Å². The van der Waals surface area contributed by atoms with E-state index in [-0.39, 0.29) is 0 Å². The van der Waals surface area contributed by atoms with E-state index < -0.39 is 0 Å². The van der Waals surface area contributed by atoms with Crippen molar-refractivity contribution in [2.45, 2.75) is 0 Å². The van der Waals surface area contributed by atoms with E-state index in [0.717, 1.165) is 34.1 Å². The molecule has 0 saturated heterocycles. The van der Waals surface area contributed by atoms with Crippen LogP contribution in [0.4, 0.5) is 34.1 Å². The summed E-state index contributed by atoms with van der Waals surface area (Å²) in [5.74, 6) is 0. The van der Waals surface area contributed by atoms with Gasteiger partial charge in [0, 0.05) is 11.4 Å². The molecule has 1 aliphatic heterocycles. The highest BCUT2D eigenvalue weighted by Gasteiger charge is 2.30. The van der Waals surface area contributed by atoms with Gasteiger partial charge in [-0.05, 0) is 98.0 Å². The molecule has 2 heteroatoms. The van der Waals surface area contributed by atoms with Gasteiger partial charge in [0.1, 0.15) is 0 Å². The van der Waals surface area contributed by atoms with Crippen molar-refractivity contribution >= 4 is 66.4 Å². The largest absolute Gasteiger partial charge is 0.306 e. The van der Waals surface area contributed by atoms with E-state index in [4.69, 9.17) is 0 Å². The lowest BCUT2D eigenvalue weighted by Gasteiger charge is -2.40. The van der Waals surface area contributed by atoms with E-state index in [1.54, 1.807) is 0 Å². The van der Waals surface area contributed by atoms with E-state index in [9.17, 15) is 0 Å². The molecule has 8 aromatic rings. The highest BCUT2D eigenvalue weighted by molar-refractivity contribution is 6.25. The molecule has 0 fully saturated rings. The zero-order valence-corrected chi connectivity index (χ0v) is 24.1. The summed E-state index contributed by atoms with van der Waals surface area (Å²) in [4.78, 5) is 4.77. The van der Waals surface area contributed by atoms with Gasteiger partial charge >= 0.3 is 0 Å². The molecule has 8 aromatic carbocycles. The van der Waals surface area contributed by atoms with Crippen molar-refractivity contribution < 1.29 is 0 Å². The molecule has 0 saturated carbocycles. The van der Waals surface area contributed by atoms with Crippen LogP contribution >= 0.6 is 0 Å². The quantitative estimate of drug-likeness (QED) is 0.198. The van der Waals surface area contributed by atoms with Crippen LogP contribution in [0.15, 0.2) is 170 Å². The van der Waals surface area contributed by atoms with Crippen molar-refractivity contribution in [3.63, 3.8) is 0 Å². The number of nitrogens with zero attached hydrogens (tertiary/aromatic N) is 2. The van der Waals surface area contributed by atoms with Crippen LogP contribution in [-0.2, 0) is 0 Å². The third-order valence-electron chi connectivity index (χ3n) is 8.92. The van der Waals surface area contributed by atoms with E-state index >= 15 is 0 Å². The van der Waals surface area contributed by atoms with Gasteiger partial charge in [0.25, 0.3) is 0 Å². The molecule has 0 amide bonds. The summed E-state index contributed by atoms with van der Waals surface area (Å²) >= 11 is 0. The maximum atomic E-state index is 2.40. The Labute approximate surface area is 256 Å². The second kappa shape index (κ2) is 9.86. The second-order valence-electron chi connectivity index (χ2n) is 11.4. The topological polar surface area (TPSA) is 6.48 Å². The monoisotopic (exact) mass is 560 g/mol. The highest BCUT2D eigenvalue weighted by atomic mass is 15.3. The Balaban J connectivity index is 1.22. The van der Waals surface area contributed by atoms with Crippen LogP contribution in [-0.4, -0.2) is 0 Å². The number of fused-ring (bicyclic) bond motifs is 8.